The first kappa shape index (κ1) is 13.4. The molecule has 1 rings (SSSR count). The van der Waals surface area contributed by atoms with Gasteiger partial charge in [-0.05, 0) is 12.1 Å². The van der Waals surface area contributed by atoms with Gasteiger partial charge in [0.1, 0.15) is 0 Å². The molecular weight excluding hydrogens is 240 g/mol. The maximum absolute atomic E-state index is 10.8. The molecule has 0 heterocycles. The predicted octanol–water partition coefficient (Wildman–Crippen LogP) is 0.225. The number of hydrazine groups is 1. The Morgan fingerprint density at radius 3 is 2.89 bits per heavy atom. The molecule has 0 aliphatic carbocycles. The summed E-state index contributed by atoms with van der Waals surface area (Å²) < 4.78 is 5.10. The fraction of sp³-hybridized carbons (Fsp3) is 0.200. The van der Waals surface area contributed by atoms with Crippen molar-refractivity contribution in [2.75, 3.05) is 6.61 Å². The molecule has 0 radical (unpaired) electrons. The van der Waals surface area contributed by atoms with Crippen LogP contribution in [0.15, 0.2) is 18.2 Å². The van der Waals surface area contributed by atoms with E-state index in [4.69, 9.17) is 15.8 Å². The van der Waals surface area contributed by atoms with E-state index >= 15 is 0 Å². The van der Waals surface area contributed by atoms with E-state index in [1.165, 1.54) is 12.1 Å². The molecule has 94 valence electrons. The molecule has 0 aliphatic rings. The maximum atomic E-state index is 10.8. The molecule has 0 saturated heterocycles. The van der Waals surface area contributed by atoms with Gasteiger partial charge in [0.2, 0.25) is 5.91 Å². The van der Waals surface area contributed by atoms with Gasteiger partial charge in [-0.2, -0.15) is 5.26 Å². The molecule has 0 bridgehead atoms. The van der Waals surface area contributed by atoms with E-state index in [1.807, 2.05) is 5.43 Å². The Balaban J connectivity index is 2.79. The second kappa shape index (κ2) is 6.17. The monoisotopic (exact) mass is 250 g/mol. The number of nitrogens with one attached hydrogen (secondary N) is 1. The van der Waals surface area contributed by atoms with E-state index in [0.717, 1.165) is 6.07 Å². The van der Waals surface area contributed by atoms with E-state index in [2.05, 4.69) is 0 Å². The van der Waals surface area contributed by atoms with Crippen LogP contribution in [0.2, 0.25) is 0 Å². The van der Waals surface area contributed by atoms with Crippen molar-refractivity contribution in [1.29, 1.82) is 5.26 Å². The number of nitro benzene ring substituents is 1. The Kier molecular flexibility index (Phi) is 4.59. The second-order valence-corrected chi connectivity index (χ2v) is 3.22. The molecule has 0 saturated carbocycles. The molecule has 0 aliphatic heterocycles. The minimum Gasteiger partial charge on any atom is -0.486 e. The summed E-state index contributed by atoms with van der Waals surface area (Å²) in [6.45, 7) is -0.0459. The second-order valence-electron chi connectivity index (χ2n) is 3.22. The minimum atomic E-state index is -0.654. The van der Waals surface area contributed by atoms with Gasteiger partial charge in [-0.15, -0.1) is 0 Å². The normalized spacial score (nSPS) is 9.33. The van der Waals surface area contributed by atoms with Crippen LogP contribution in [0.3, 0.4) is 0 Å². The molecule has 1 aromatic carbocycles. The van der Waals surface area contributed by atoms with Gasteiger partial charge in [-0.3, -0.25) is 20.3 Å². The summed E-state index contributed by atoms with van der Waals surface area (Å²) in [5.74, 6) is 4.43. The SMILES string of the molecule is N#Cc1ccc(OCCC(=O)NN)c([N+](=O)[O-])c1. The number of ether oxygens (including phenoxy) is 1. The van der Waals surface area contributed by atoms with Crippen molar-refractivity contribution in [2.24, 2.45) is 5.84 Å². The van der Waals surface area contributed by atoms with E-state index in [9.17, 15) is 14.9 Å². The third-order valence-corrected chi connectivity index (χ3v) is 2.03. The van der Waals surface area contributed by atoms with Crippen molar-refractivity contribution < 1.29 is 14.5 Å². The summed E-state index contributed by atoms with van der Waals surface area (Å²) in [6.07, 6.45) is -0.0202. The summed E-state index contributed by atoms with van der Waals surface area (Å²) in [5, 5.41) is 19.4. The molecule has 8 heteroatoms. The molecular formula is C10H10N4O4. The topological polar surface area (TPSA) is 131 Å². The van der Waals surface area contributed by atoms with Gasteiger partial charge in [-0.25, -0.2) is 5.84 Å². The van der Waals surface area contributed by atoms with Crippen molar-refractivity contribution in [3.05, 3.63) is 33.9 Å². The number of nitrogens with zero attached hydrogens (tertiary/aromatic N) is 2. The number of benzene rings is 1. The molecule has 3 N–H and O–H groups in total. The van der Waals surface area contributed by atoms with Crippen LogP contribution in [0.4, 0.5) is 5.69 Å². The van der Waals surface area contributed by atoms with Crippen LogP contribution >= 0.6 is 0 Å². The van der Waals surface area contributed by atoms with Crippen LogP contribution in [0, 0.1) is 21.4 Å². The van der Waals surface area contributed by atoms with Crippen molar-refractivity contribution in [3.63, 3.8) is 0 Å². The number of carbonyl (C=O) groups excluding carboxylic acids is 1. The van der Waals surface area contributed by atoms with Crippen molar-refractivity contribution >= 4 is 11.6 Å². The van der Waals surface area contributed by atoms with E-state index in [1.54, 1.807) is 6.07 Å². The van der Waals surface area contributed by atoms with Gasteiger partial charge in [0.25, 0.3) is 0 Å². The minimum absolute atomic E-state index is 0.00354. The number of hydrogen-bond acceptors (Lipinski definition) is 6. The highest BCUT2D eigenvalue weighted by molar-refractivity contribution is 5.75. The average Bonchev–Trinajstić information content (AvgIpc) is 2.38. The number of hydrogen-bond donors (Lipinski definition) is 2. The number of amides is 1. The molecule has 0 aromatic heterocycles. The highest BCUT2D eigenvalue weighted by atomic mass is 16.6. The Morgan fingerprint density at radius 1 is 1.61 bits per heavy atom. The van der Waals surface area contributed by atoms with E-state index in [0.29, 0.717) is 0 Å². The molecule has 1 amide bonds. The van der Waals surface area contributed by atoms with Gasteiger partial charge in [-0.1, -0.05) is 0 Å². The molecule has 1 aromatic rings. The highest BCUT2D eigenvalue weighted by Crippen LogP contribution is 2.27. The highest BCUT2D eigenvalue weighted by Gasteiger charge is 2.16. The third-order valence-electron chi connectivity index (χ3n) is 2.03. The quantitative estimate of drug-likeness (QED) is 0.332. The molecule has 0 unspecified atom stereocenters. The molecule has 0 atom stereocenters. The lowest BCUT2D eigenvalue weighted by atomic mass is 10.2. The van der Waals surface area contributed by atoms with Crippen molar-refractivity contribution in [2.45, 2.75) is 6.42 Å². The Hall–Kier alpha value is -2.66. The smallest absolute Gasteiger partial charge is 0.312 e. The predicted molar refractivity (Wildman–Crippen MR) is 60.3 cm³/mol. The Labute approximate surface area is 102 Å². The zero-order chi connectivity index (χ0) is 13.5. The van der Waals surface area contributed by atoms with Crippen molar-refractivity contribution in [3.8, 4) is 11.8 Å². The summed E-state index contributed by atoms with van der Waals surface area (Å²) >= 11 is 0. The molecule has 0 fully saturated rings. The van der Waals surface area contributed by atoms with E-state index < -0.39 is 10.8 Å². The van der Waals surface area contributed by atoms with Crippen LogP contribution < -0.4 is 16.0 Å². The number of nitrogens with two attached hydrogens (primary N) is 1. The standard InChI is InChI=1S/C10H10N4O4/c11-6-7-1-2-9(8(5-7)14(16)17)18-4-3-10(15)13-12/h1-2,5H,3-4,12H2,(H,13,15). The van der Waals surface area contributed by atoms with Gasteiger partial charge in [0.05, 0.1) is 29.6 Å². The number of carbonyl (C=O) groups is 1. The maximum Gasteiger partial charge on any atom is 0.312 e. The lowest BCUT2D eigenvalue weighted by Crippen LogP contribution is -2.31. The lowest BCUT2D eigenvalue weighted by Gasteiger charge is -2.06. The van der Waals surface area contributed by atoms with Gasteiger partial charge in [0, 0.05) is 6.07 Å². The lowest BCUT2D eigenvalue weighted by molar-refractivity contribution is -0.385. The Bertz CT molecular complexity index is 509. The van der Waals surface area contributed by atoms with E-state index in [-0.39, 0.29) is 30.0 Å². The van der Waals surface area contributed by atoms with Gasteiger partial charge < -0.3 is 4.74 Å². The number of rotatable bonds is 5. The first-order valence-corrected chi connectivity index (χ1v) is 4.89. The molecule has 8 nitrogen and oxygen atoms in total. The largest absolute Gasteiger partial charge is 0.486 e. The zero-order valence-corrected chi connectivity index (χ0v) is 9.25. The van der Waals surface area contributed by atoms with Crippen LogP contribution in [0.1, 0.15) is 12.0 Å². The van der Waals surface area contributed by atoms with Crippen LogP contribution in [0.25, 0.3) is 0 Å². The summed E-state index contributed by atoms with van der Waals surface area (Å²) in [6, 6.07) is 5.61. The third kappa shape index (κ3) is 3.43. The zero-order valence-electron chi connectivity index (χ0n) is 9.25. The van der Waals surface area contributed by atoms with Crippen LogP contribution in [-0.4, -0.2) is 17.4 Å². The average molecular weight is 250 g/mol. The summed E-state index contributed by atoms with van der Waals surface area (Å²) in [5.41, 5.74) is 1.75. The fourth-order valence-electron chi connectivity index (χ4n) is 1.18. The number of nitro groups is 1. The van der Waals surface area contributed by atoms with Crippen LogP contribution in [0.5, 0.6) is 5.75 Å². The molecule has 18 heavy (non-hydrogen) atoms. The van der Waals surface area contributed by atoms with Gasteiger partial charge in [0.15, 0.2) is 5.75 Å². The fourth-order valence-corrected chi connectivity index (χ4v) is 1.18. The Morgan fingerprint density at radius 2 is 2.33 bits per heavy atom. The number of nitriles is 1. The summed E-state index contributed by atoms with van der Waals surface area (Å²) in [4.78, 5) is 20.9. The summed E-state index contributed by atoms with van der Waals surface area (Å²) in [7, 11) is 0. The van der Waals surface area contributed by atoms with Crippen molar-refractivity contribution in [1.82, 2.24) is 5.43 Å². The molecule has 0 spiro atoms. The van der Waals surface area contributed by atoms with Crippen LogP contribution in [-0.2, 0) is 4.79 Å². The first-order valence-electron chi connectivity index (χ1n) is 4.89. The first-order chi connectivity index (χ1) is 8.58. The van der Waals surface area contributed by atoms with Gasteiger partial charge >= 0.3 is 5.69 Å².